The zero-order valence-electron chi connectivity index (χ0n) is 13.6. The van der Waals surface area contributed by atoms with Gasteiger partial charge in [-0.15, -0.1) is 24.0 Å². The molecule has 1 saturated heterocycles. The Labute approximate surface area is 142 Å². The van der Waals surface area contributed by atoms with Crippen LogP contribution >= 0.6 is 24.0 Å². The summed E-state index contributed by atoms with van der Waals surface area (Å²) < 4.78 is 0. The molecule has 1 atom stereocenters. The SMILES string of the molecule is CCNC(=NCCN1CCC(C)CC1)NC(C)CC.I. The van der Waals surface area contributed by atoms with Crippen LogP contribution in [0.4, 0.5) is 0 Å². The second kappa shape index (κ2) is 11.6. The van der Waals surface area contributed by atoms with Crippen molar-refractivity contribution in [3.05, 3.63) is 0 Å². The lowest BCUT2D eigenvalue weighted by Gasteiger charge is -2.29. The molecular weight excluding hydrogens is 363 g/mol. The fourth-order valence-electron chi connectivity index (χ4n) is 2.24. The van der Waals surface area contributed by atoms with Crippen LogP contribution in [0.2, 0.25) is 0 Å². The number of likely N-dealkylation sites (tertiary alicyclic amines) is 1. The van der Waals surface area contributed by atoms with E-state index in [1.165, 1.54) is 25.9 Å². The Morgan fingerprint density at radius 3 is 2.50 bits per heavy atom. The summed E-state index contributed by atoms with van der Waals surface area (Å²) in [4.78, 5) is 7.21. The van der Waals surface area contributed by atoms with Crippen molar-refractivity contribution in [2.24, 2.45) is 10.9 Å². The van der Waals surface area contributed by atoms with Gasteiger partial charge in [0, 0.05) is 19.1 Å². The molecule has 5 heteroatoms. The van der Waals surface area contributed by atoms with E-state index in [4.69, 9.17) is 0 Å². The van der Waals surface area contributed by atoms with Crippen molar-refractivity contribution < 1.29 is 0 Å². The second-order valence-electron chi connectivity index (χ2n) is 5.74. The van der Waals surface area contributed by atoms with E-state index in [9.17, 15) is 0 Å². The largest absolute Gasteiger partial charge is 0.357 e. The minimum Gasteiger partial charge on any atom is -0.357 e. The van der Waals surface area contributed by atoms with Gasteiger partial charge in [0.15, 0.2) is 5.96 Å². The van der Waals surface area contributed by atoms with Crippen LogP contribution in [-0.2, 0) is 0 Å². The van der Waals surface area contributed by atoms with Gasteiger partial charge in [-0.3, -0.25) is 4.99 Å². The van der Waals surface area contributed by atoms with Crippen LogP contribution in [0, 0.1) is 5.92 Å². The van der Waals surface area contributed by atoms with E-state index in [-0.39, 0.29) is 24.0 Å². The Bertz CT molecular complexity index is 263. The van der Waals surface area contributed by atoms with Crippen LogP contribution in [0.1, 0.15) is 47.0 Å². The predicted octanol–water partition coefficient (Wildman–Crippen LogP) is 2.69. The van der Waals surface area contributed by atoms with E-state index in [0.29, 0.717) is 6.04 Å². The molecule has 1 aliphatic heterocycles. The first-order chi connectivity index (χ1) is 9.15. The van der Waals surface area contributed by atoms with Crippen LogP contribution in [-0.4, -0.2) is 49.6 Å². The average Bonchev–Trinajstić information content (AvgIpc) is 2.41. The summed E-state index contributed by atoms with van der Waals surface area (Å²) in [6.07, 6.45) is 3.80. The highest BCUT2D eigenvalue weighted by atomic mass is 127. The number of rotatable bonds is 6. The van der Waals surface area contributed by atoms with Crippen LogP contribution in [0.15, 0.2) is 4.99 Å². The van der Waals surface area contributed by atoms with Gasteiger partial charge in [0.05, 0.1) is 6.54 Å². The zero-order valence-corrected chi connectivity index (χ0v) is 15.9. The molecular formula is C15H33IN4. The van der Waals surface area contributed by atoms with Gasteiger partial charge in [-0.05, 0) is 52.1 Å². The third-order valence-corrected chi connectivity index (χ3v) is 3.90. The second-order valence-corrected chi connectivity index (χ2v) is 5.74. The molecule has 0 aromatic carbocycles. The molecule has 0 saturated carbocycles. The number of hydrogen-bond donors (Lipinski definition) is 2. The third kappa shape index (κ3) is 8.29. The molecule has 2 N–H and O–H groups in total. The summed E-state index contributed by atoms with van der Waals surface area (Å²) in [6, 6.07) is 0.480. The molecule has 1 rings (SSSR count). The van der Waals surface area contributed by atoms with Gasteiger partial charge in [0.1, 0.15) is 0 Å². The van der Waals surface area contributed by atoms with Crippen molar-refractivity contribution in [1.82, 2.24) is 15.5 Å². The van der Waals surface area contributed by atoms with Crippen molar-refractivity contribution in [3.63, 3.8) is 0 Å². The van der Waals surface area contributed by atoms with E-state index >= 15 is 0 Å². The number of hydrogen-bond acceptors (Lipinski definition) is 2. The van der Waals surface area contributed by atoms with Crippen LogP contribution in [0.5, 0.6) is 0 Å². The maximum Gasteiger partial charge on any atom is 0.191 e. The number of nitrogens with one attached hydrogen (secondary N) is 2. The quantitative estimate of drug-likeness (QED) is 0.412. The number of nitrogens with zero attached hydrogens (tertiary/aromatic N) is 2. The normalized spacial score (nSPS) is 19.3. The number of guanidine groups is 1. The highest BCUT2D eigenvalue weighted by Crippen LogP contribution is 2.15. The van der Waals surface area contributed by atoms with E-state index in [2.05, 4.69) is 48.2 Å². The van der Waals surface area contributed by atoms with Crippen molar-refractivity contribution in [3.8, 4) is 0 Å². The van der Waals surface area contributed by atoms with Gasteiger partial charge in [0.25, 0.3) is 0 Å². The Hall–Kier alpha value is -0.0400. The Morgan fingerprint density at radius 1 is 1.30 bits per heavy atom. The molecule has 0 spiro atoms. The summed E-state index contributed by atoms with van der Waals surface area (Å²) in [7, 11) is 0. The van der Waals surface area contributed by atoms with Crippen LogP contribution < -0.4 is 10.6 Å². The lowest BCUT2D eigenvalue weighted by Crippen LogP contribution is -2.42. The van der Waals surface area contributed by atoms with Crippen molar-refractivity contribution in [1.29, 1.82) is 0 Å². The van der Waals surface area contributed by atoms with Crippen molar-refractivity contribution in [2.45, 2.75) is 53.0 Å². The molecule has 0 radical (unpaired) electrons. The van der Waals surface area contributed by atoms with Crippen molar-refractivity contribution >= 4 is 29.9 Å². The van der Waals surface area contributed by atoms with Gasteiger partial charge in [0.2, 0.25) is 0 Å². The Balaban J connectivity index is 0.00000361. The monoisotopic (exact) mass is 396 g/mol. The summed E-state index contributed by atoms with van der Waals surface area (Å²) in [5, 5.41) is 6.75. The topological polar surface area (TPSA) is 39.7 Å². The van der Waals surface area contributed by atoms with Crippen LogP contribution in [0.3, 0.4) is 0 Å². The maximum atomic E-state index is 4.67. The molecule has 1 unspecified atom stereocenters. The highest BCUT2D eigenvalue weighted by Gasteiger charge is 2.14. The van der Waals surface area contributed by atoms with E-state index in [0.717, 1.165) is 37.9 Å². The first-order valence-corrected chi connectivity index (χ1v) is 7.92. The molecule has 0 bridgehead atoms. The molecule has 0 aromatic rings. The van der Waals surface area contributed by atoms with E-state index < -0.39 is 0 Å². The van der Waals surface area contributed by atoms with E-state index in [1.54, 1.807) is 0 Å². The minimum atomic E-state index is 0. The summed E-state index contributed by atoms with van der Waals surface area (Å²) in [5.41, 5.74) is 0. The fourth-order valence-corrected chi connectivity index (χ4v) is 2.24. The smallest absolute Gasteiger partial charge is 0.191 e. The Kier molecular flexibility index (Phi) is 11.6. The predicted molar refractivity (Wildman–Crippen MR) is 99.1 cm³/mol. The summed E-state index contributed by atoms with van der Waals surface area (Å²) in [6.45, 7) is 14.2. The maximum absolute atomic E-state index is 4.67. The lowest BCUT2D eigenvalue weighted by atomic mass is 9.99. The van der Waals surface area contributed by atoms with Gasteiger partial charge < -0.3 is 15.5 Å². The first kappa shape index (κ1) is 20.0. The number of aliphatic imine (C=N–C) groups is 1. The molecule has 0 amide bonds. The molecule has 1 heterocycles. The molecule has 0 aromatic heterocycles. The van der Waals surface area contributed by atoms with Crippen LogP contribution in [0.25, 0.3) is 0 Å². The van der Waals surface area contributed by atoms with Crippen molar-refractivity contribution in [2.75, 3.05) is 32.7 Å². The number of piperidine rings is 1. The van der Waals surface area contributed by atoms with Gasteiger partial charge in [-0.25, -0.2) is 0 Å². The zero-order chi connectivity index (χ0) is 14.1. The standard InChI is InChI=1S/C15H32N4.HI/c1-5-14(4)18-15(16-6-2)17-9-12-19-10-7-13(3)8-11-19;/h13-14H,5-12H2,1-4H3,(H2,16,17,18);1H. The minimum absolute atomic E-state index is 0. The molecule has 0 aliphatic carbocycles. The average molecular weight is 396 g/mol. The van der Waals surface area contributed by atoms with E-state index in [1.807, 2.05) is 0 Å². The molecule has 1 aliphatic rings. The molecule has 20 heavy (non-hydrogen) atoms. The first-order valence-electron chi connectivity index (χ1n) is 7.92. The highest BCUT2D eigenvalue weighted by molar-refractivity contribution is 14.0. The number of halogens is 1. The third-order valence-electron chi connectivity index (χ3n) is 3.90. The van der Waals surface area contributed by atoms with Gasteiger partial charge in [-0.1, -0.05) is 13.8 Å². The fraction of sp³-hybridized carbons (Fsp3) is 0.933. The van der Waals surface area contributed by atoms with Gasteiger partial charge in [-0.2, -0.15) is 0 Å². The molecule has 1 fully saturated rings. The Morgan fingerprint density at radius 2 is 1.95 bits per heavy atom. The molecule has 4 nitrogen and oxygen atoms in total. The molecule has 120 valence electrons. The van der Waals surface area contributed by atoms with Gasteiger partial charge >= 0.3 is 0 Å². The lowest BCUT2D eigenvalue weighted by molar-refractivity contribution is 0.197. The summed E-state index contributed by atoms with van der Waals surface area (Å²) >= 11 is 0. The summed E-state index contributed by atoms with van der Waals surface area (Å²) in [5.74, 6) is 1.87.